The SMILES string of the molecule is CC(C)CCN(/C=C/C(=O)O)CCC(C)C. The molecule has 0 radical (unpaired) electrons. The summed E-state index contributed by atoms with van der Waals surface area (Å²) in [5, 5.41) is 8.60. The highest BCUT2D eigenvalue weighted by atomic mass is 16.4. The molecule has 0 saturated carbocycles. The summed E-state index contributed by atoms with van der Waals surface area (Å²) in [5.74, 6) is 0.429. The van der Waals surface area contributed by atoms with Gasteiger partial charge in [-0.1, -0.05) is 27.7 Å². The maximum atomic E-state index is 10.5. The van der Waals surface area contributed by atoms with E-state index in [1.165, 1.54) is 6.08 Å². The molecule has 0 bridgehead atoms. The second-order valence-corrected chi connectivity index (χ2v) is 5.05. The van der Waals surface area contributed by atoms with Gasteiger partial charge < -0.3 is 10.0 Å². The van der Waals surface area contributed by atoms with Crippen LogP contribution in [-0.2, 0) is 4.79 Å². The maximum absolute atomic E-state index is 10.5. The Balaban J connectivity index is 4.10. The number of aliphatic carboxylic acids is 1. The minimum absolute atomic E-state index is 0.653. The first-order chi connectivity index (χ1) is 7.41. The summed E-state index contributed by atoms with van der Waals surface area (Å²) in [5.41, 5.74) is 0. The molecule has 0 fully saturated rings. The zero-order valence-corrected chi connectivity index (χ0v) is 10.9. The molecule has 3 heteroatoms. The van der Waals surface area contributed by atoms with Gasteiger partial charge in [0.25, 0.3) is 0 Å². The largest absolute Gasteiger partial charge is 0.478 e. The molecule has 0 aromatic rings. The van der Waals surface area contributed by atoms with Crippen molar-refractivity contribution in [2.45, 2.75) is 40.5 Å². The molecule has 0 unspecified atom stereocenters. The summed E-state index contributed by atoms with van der Waals surface area (Å²) < 4.78 is 0. The number of nitrogens with zero attached hydrogens (tertiary/aromatic N) is 1. The lowest BCUT2D eigenvalue weighted by Gasteiger charge is -2.22. The smallest absolute Gasteiger partial charge is 0.329 e. The van der Waals surface area contributed by atoms with Crippen molar-refractivity contribution in [2.24, 2.45) is 11.8 Å². The van der Waals surface area contributed by atoms with Gasteiger partial charge in [0.1, 0.15) is 0 Å². The van der Waals surface area contributed by atoms with Crippen molar-refractivity contribution in [3.8, 4) is 0 Å². The van der Waals surface area contributed by atoms with Crippen molar-refractivity contribution >= 4 is 5.97 Å². The zero-order chi connectivity index (χ0) is 12.6. The van der Waals surface area contributed by atoms with E-state index in [2.05, 4.69) is 32.6 Å². The molecular formula is C13H25NO2. The van der Waals surface area contributed by atoms with Gasteiger partial charge in [-0.25, -0.2) is 4.79 Å². The van der Waals surface area contributed by atoms with Crippen LogP contribution in [0.2, 0.25) is 0 Å². The predicted octanol–water partition coefficient (Wildman–Crippen LogP) is 2.98. The quantitative estimate of drug-likeness (QED) is 0.648. The number of carboxylic acid groups (broad SMARTS) is 1. The number of hydrogen-bond acceptors (Lipinski definition) is 2. The van der Waals surface area contributed by atoms with Gasteiger partial charge in [0.05, 0.1) is 0 Å². The molecule has 1 N–H and O–H groups in total. The first kappa shape index (κ1) is 15.0. The van der Waals surface area contributed by atoms with E-state index in [4.69, 9.17) is 5.11 Å². The molecule has 0 aliphatic rings. The monoisotopic (exact) mass is 227 g/mol. The van der Waals surface area contributed by atoms with E-state index in [-0.39, 0.29) is 0 Å². The second-order valence-electron chi connectivity index (χ2n) is 5.05. The van der Waals surface area contributed by atoms with Crippen LogP contribution in [0.1, 0.15) is 40.5 Å². The minimum Gasteiger partial charge on any atom is -0.478 e. The van der Waals surface area contributed by atoms with Crippen LogP contribution in [0.25, 0.3) is 0 Å². The summed E-state index contributed by atoms with van der Waals surface area (Å²) in [7, 11) is 0. The predicted molar refractivity (Wildman–Crippen MR) is 67.3 cm³/mol. The number of rotatable bonds is 8. The van der Waals surface area contributed by atoms with Crippen LogP contribution in [0, 0.1) is 11.8 Å². The molecule has 0 aliphatic heterocycles. The highest BCUT2D eigenvalue weighted by Crippen LogP contribution is 2.06. The third-order valence-corrected chi connectivity index (χ3v) is 2.42. The van der Waals surface area contributed by atoms with Crippen LogP contribution in [-0.4, -0.2) is 29.1 Å². The Morgan fingerprint density at radius 1 is 1.12 bits per heavy atom. The van der Waals surface area contributed by atoms with Gasteiger partial charge in [-0.3, -0.25) is 0 Å². The standard InChI is InChI=1S/C13H25NO2/c1-11(2)5-8-14(9-6-12(3)4)10-7-13(15)16/h7,10-12H,5-6,8-9H2,1-4H3,(H,15,16)/b10-7+. The van der Waals surface area contributed by atoms with Gasteiger partial charge in [0.15, 0.2) is 0 Å². The maximum Gasteiger partial charge on any atom is 0.329 e. The molecule has 0 spiro atoms. The summed E-state index contributed by atoms with van der Waals surface area (Å²) in [6.07, 6.45) is 5.12. The van der Waals surface area contributed by atoms with Gasteiger partial charge in [0.2, 0.25) is 0 Å². The van der Waals surface area contributed by atoms with E-state index >= 15 is 0 Å². The van der Waals surface area contributed by atoms with E-state index in [0.717, 1.165) is 25.9 Å². The molecule has 0 rings (SSSR count). The average molecular weight is 227 g/mol. The summed E-state index contributed by atoms with van der Waals surface area (Å²) in [4.78, 5) is 12.6. The number of hydrogen-bond donors (Lipinski definition) is 1. The third kappa shape index (κ3) is 9.56. The molecule has 0 amide bonds. The lowest BCUT2D eigenvalue weighted by molar-refractivity contribution is -0.131. The minimum atomic E-state index is -0.876. The third-order valence-electron chi connectivity index (χ3n) is 2.42. The summed E-state index contributed by atoms with van der Waals surface area (Å²) in [6, 6.07) is 0. The second kappa shape index (κ2) is 8.20. The normalized spacial score (nSPS) is 11.6. The van der Waals surface area contributed by atoms with Crippen molar-refractivity contribution in [1.82, 2.24) is 4.90 Å². The lowest BCUT2D eigenvalue weighted by Crippen LogP contribution is -2.22. The van der Waals surface area contributed by atoms with Crippen LogP contribution in [0.15, 0.2) is 12.3 Å². The Kier molecular flexibility index (Phi) is 7.69. The van der Waals surface area contributed by atoms with Crippen LogP contribution in [0.3, 0.4) is 0 Å². The number of carbonyl (C=O) groups is 1. The molecule has 0 heterocycles. The fourth-order valence-electron chi connectivity index (χ4n) is 1.28. The van der Waals surface area contributed by atoms with Gasteiger partial charge >= 0.3 is 5.97 Å². The first-order valence-corrected chi connectivity index (χ1v) is 6.07. The van der Waals surface area contributed by atoms with E-state index in [1.807, 2.05) is 0 Å². The highest BCUT2D eigenvalue weighted by molar-refractivity contribution is 5.79. The Hall–Kier alpha value is -0.990. The molecule has 3 nitrogen and oxygen atoms in total. The Morgan fingerprint density at radius 3 is 1.88 bits per heavy atom. The molecular weight excluding hydrogens is 202 g/mol. The Bertz CT molecular complexity index is 210. The van der Waals surface area contributed by atoms with Gasteiger partial charge in [-0.2, -0.15) is 0 Å². The van der Waals surface area contributed by atoms with E-state index in [0.29, 0.717) is 11.8 Å². The molecule has 94 valence electrons. The van der Waals surface area contributed by atoms with Crippen LogP contribution in [0.4, 0.5) is 0 Å². The first-order valence-electron chi connectivity index (χ1n) is 6.07. The summed E-state index contributed by atoms with van der Waals surface area (Å²) in [6.45, 7) is 10.6. The average Bonchev–Trinajstić information content (AvgIpc) is 2.15. The number of carboxylic acids is 1. The van der Waals surface area contributed by atoms with Crippen molar-refractivity contribution < 1.29 is 9.90 Å². The van der Waals surface area contributed by atoms with Crippen molar-refractivity contribution in [3.05, 3.63) is 12.3 Å². The van der Waals surface area contributed by atoms with E-state index in [1.54, 1.807) is 6.20 Å². The van der Waals surface area contributed by atoms with Gasteiger partial charge in [-0.15, -0.1) is 0 Å². The van der Waals surface area contributed by atoms with Crippen molar-refractivity contribution in [2.75, 3.05) is 13.1 Å². The Labute approximate surface area is 99.1 Å². The van der Waals surface area contributed by atoms with Crippen molar-refractivity contribution in [1.29, 1.82) is 0 Å². The van der Waals surface area contributed by atoms with Gasteiger partial charge in [-0.05, 0) is 24.7 Å². The van der Waals surface area contributed by atoms with Crippen LogP contribution < -0.4 is 0 Å². The topological polar surface area (TPSA) is 40.5 Å². The fraction of sp³-hybridized carbons (Fsp3) is 0.769. The Morgan fingerprint density at radius 2 is 1.56 bits per heavy atom. The lowest BCUT2D eigenvalue weighted by atomic mass is 10.1. The molecule has 0 aromatic heterocycles. The molecule has 0 atom stereocenters. The highest BCUT2D eigenvalue weighted by Gasteiger charge is 2.03. The van der Waals surface area contributed by atoms with Crippen LogP contribution in [0.5, 0.6) is 0 Å². The van der Waals surface area contributed by atoms with E-state index < -0.39 is 5.97 Å². The van der Waals surface area contributed by atoms with Crippen molar-refractivity contribution in [3.63, 3.8) is 0 Å². The van der Waals surface area contributed by atoms with Crippen LogP contribution >= 0.6 is 0 Å². The van der Waals surface area contributed by atoms with E-state index in [9.17, 15) is 4.79 Å². The fourth-order valence-corrected chi connectivity index (χ4v) is 1.28. The molecule has 0 aromatic carbocycles. The molecule has 0 aliphatic carbocycles. The summed E-state index contributed by atoms with van der Waals surface area (Å²) >= 11 is 0. The van der Waals surface area contributed by atoms with Gasteiger partial charge in [0, 0.05) is 25.4 Å². The zero-order valence-electron chi connectivity index (χ0n) is 10.9. The molecule has 16 heavy (non-hydrogen) atoms. The molecule has 0 saturated heterocycles.